The van der Waals surface area contributed by atoms with E-state index in [-0.39, 0.29) is 5.56 Å². The standard InChI is InChI=1S/C24H26BrN5O/c1-15-14-26-11-12-28(15)17-9-10-19-21(13-17)29(16-5-2-3-6-16)24-27-23(31)22-18(25)7-4-8-20(22)30(19)24/h4,7-10,13,15-16,26H,2-3,5-6,11-12,14H2,1H3/t15-/m0/s1. The van der Waals surface area contributed by atoms with Crippen LogP contribution < -0.4 is 15.8 Å². The summed E-state index contributed by atoms with van der Waals surface area (Å²) >= 11 is 3.57. The molecular formula is C24H26BrN5O. The van der Waals surface area contributed by atoms with Gasteiger partial charge in [-0.05, 0) is 66.0 Å². The fourth-order valence-corrected chi connectivity index (χ4v) is 6.07. The average molecular weight is 480 g/mol. The molecule has 0 spiro atoms. The second-order valence-corrected chi connectivity index (χ2v) is 9.77. The van der Waals surface area contributed by atoms with E-state index in [2.05, 4.69) is 65.2 Å². The lowest BCUT2D eigenvalue weighted by atomic mass is 10.1. The Bertz CT molecular complexity index is 1370. The first-order valence-electron chi connectivity index (χ1n) is 11.3. The average Bonchev–Trinajstić information content (AvgIpc) is 3.39. The molecule has 0 amide bonds. The fourth-order valence-electron chi connectivity index (χ4n) is 5.54. The highest BCUT2D eigenvalue weighted by atomic mass is 79.9. The summed E-state index contributed by atoms with van der Waals surface area (Å²) in [4.78, 5) is 20.1. The van der Waals surface area contributed by atoms with Crippen LogP contribution in [-0.4, -0.2) is 39.6 Å². The predicted molar refractivity (Wildman–Crippen MR) is 129 cm³/mol. The van der Waals surface area contributed by atoms with Gasteiger partial charge in [-0.3, -0.25) is 9.20 Å². The largest absolute Gasteiger partial charge is 0.366 e. The first-order chi connectivity index (χ1) is 15.1. The molecule has 7 heteroatoms. The lowest BCUT2D eigenvalue weighted by Crippen LogP contribution is -2.49. The van der Waals surface area contributed by atoms with E-state index in [1.54, 1.807) is 0 Å². The SMILES string of the molecule is C[C@H]1CNCCN1c1ccc2c(c1)n(C1CCCC1)c1nc(=O)c3c(Br)cccc3n21. The molecule has 1 atom stereocenters. The Morgan fingerprint density at radius 1 is 1.10 bits per heavy atom. The number of nitrogens with one attached hydrogen (secondary N) is 1. The van der Waals surface area contributed by atoms with Crippen molar-refractivity contribution in [1.82, 2.24) is 19.3 Å². The molecule has 6 nitrogen and oxygen atoms in total. The van der Waals surface area contributed by atoms with E-state index in [0.29, 0.717) is 17.5 Å². The molecule has 4 aromatic rings. The van der Waals surface area contributed by atoms with Gasteiger partial charge in [0.15, 0.2) is 0 Å². The number of nitrogens with zero attached hydrogens (tertiary/aromatic N) is 4. The number of fused-ring (bicyclic) bond motifs is 5. The number of imidazole rings is 1. The molecular weight excluding hydrogens is 454 g/mol. The number of piperazine rings is 1. The van der Waals surface area contributed by atoms with Crippen LogP contribution in [0.15, 0.2) is 45.7 Å². The van der Waals surface area contributed by atoms with Crippen molar-refractivity contribution in [3.05, 3.63) is 51.2 Å². The van der Waals surface area contributed by atoms with Crippen LogP contribution in [-0.2, 0) is 0 Å². The van der Waals surface area contributed by atoms with Gasteiger partial charge in [0.1, 0.15) is 0 Å². The van der Waals surface area contributed by atoms with E-state index in [0.717, 1.165) is 53.8 Å². The number of anilines is 1. The van der Waals surface area contributed by atoms with Crippen LogP contribution in [0.5, 0.6) is 0 Å². The van der Waals surface area contributed by atoms with E-state index >= 15 is 0 Å². The molecule has 0 radical (unpaired) electrons. The lowest BCUT2D eigenvalue weighted by molar-refractivity contribution is 0.501. The van der Waals surface area contributed by atoms with Gasteiger partial charge in [-0.15, -0.1) is 0 Å². The van der Waals surface area contributed by atoms with E-state index in [1.165, 1.54) is 24.0 Å². The van der Waals surface area contributed by atoms with E-state index in [4.69, 9.17) is 0 Å². The molecule has 1 aliphatic heterocycles. The molecule has 2 fully saturated rings. The quantitative estimate of drug-likeness (QED) is 0.460. The Morgan fingerprint density at radius 2 is 1.94 bits per heavy atom. The normalized spacial score (nSPS) is 20.5. The third-order valence-electron chi connectivity index (χ3n) is 7.05. The molecule has 160 valence electrons. The van der Waals surface area contributed by atoms with Crippen molar-refractivity contribution in [2.45, 2.75) is 44.7 Å². The monoisotopic (exact) mass is 479 g/mol. The Labute approximate surface area is 189 Å². The summed E-state index contributed by atoms with van der Waals surface area (Å²) in [7, 11) is 0. The molecule has 3 heterocycles. The zero-order valence-corrected chi connectivity index (χ0v) is 19.2. The highest BCUT2D eigenvalue weighted by Crippen LogP contribution is 2.37. The van der Waals surface area contributed by atoms with Gasteiger partial charge in [0.25, 0.3) is 5.56 Å². The van der Waals surface area contributed by atoms with Gasteiger partial charge in [0.05, 0.1) is 21.9 Å². The van der Waals surface area contributed by atoms with E-state index < -0.39 is 0 Å². The molecule has 1 N–H and O–H groups in total. The summed E-state index contributed by atoms with van der Waals surface area (Å²) in [6.07, 6.45) is 4.74. The molecule has 6 rings (SSSR count). The van der Waals surface area contributed by atoms with Crippen molar-refractivity contribution in [1.29, 1.82) is 0 Å². The number of hydrogen-bond donors (Lipinski definition) is 1. The molecule has 2 aromatic carbocycles. The maximum Gasteiger partial charge on any atom is 0.283 e. The molecule has 2 aliphatic rings. The molecule has 0 bridgehead atoms. The predicted octanol–water partition coefficient (Wildman–Crippen LogP) is 4.48. The Balaban J connectivity index is 1.70. The van der Waals surface area contributed by atoms with Crippen LogP contribution >= 0.6 is 15.9 Å². The summed E-state index contributed by atoms with van der Waals surface area (Å²) < 4.78 is 5.32. The maximum absolute atomic E-state index is 13.0. The van der Waals surface area contributed by atoms with E-state index in [1.807, 2.05) is 18.2 Å². The molecule has 1 saturated carbocycles. The second-order valence-electron chi connectivity index (χ2n) is 8.91. The number of halogens is 1. The fraction of sp³-hybridized carbons (Fsp3) is 0.417. The molecule has 2 aromatic heterocycles. The van der Waals surface area contributed by atoms with Crippen molar-refractivity contribution in [2.75, 3.05) is 24.5 Å². The Kier molecular flexibility index (Phi) is 4.58. The van der Waals surface area contributed by atoms with Gasteiger partial charge in [0.2, 0.25) is 5.78 Å². The molecule has 0 unspecified atom stereocenters. The number of aromatic nitrogens is 3. The number of benzene rings is 2. The first-order valence-corrected chi connectivity index (χ1v) is 12.0. The van der Waals surface area contributed by atoms with Crippen LogP contribution in [0.1, 0.15) is 38.6 Å². The second kappa shape index (κ2) is 7.35. The van der Waals surface area contributed by atoms with Gasteiger partial charge in [-0.25, -0.2) is 0 Å². The number of rotatable bonds is 2. The number of hydrogen-bond acceptors (Lipinski definition) is 4. The van der Waals surface area contributed by atoms with Gasteiger partial charge in [-0.1, -0.05) is 18.9 Å². The zero-order chi connectivity index (χ0) is 21.1. The molecule has 1 saturated heterocycles. The highest BCUT2D eigenvalue weighted by molar-refractivity contribution is 9.10. The molecule has 1 aliphatic carbocycles. The Hall–Kier alpha value is -2.38. The molecule has 31 heavy (non-hydrogen) atoms. The lowest BCUT2D eigenvalue weighted by Gasteiger charge is -2.36. The van der Waals surface area contributed by atoms with Gasteiger partial charge >= 0.3 is 0 Å². The summed E-state index contributed by atoms with van der Waals surface area (Å²) in [5.41, 5.74) is 4.28. The van der Waals surface area contributed by atoms with Crippen LogP contribution in [0.2, 0.25) is 0 Å². The summed E-state index contributed by atoms with van der Waals surface area (Å²) in [6, 6.07) is 13.5. The minimum atomic E-state index is -0.166. The third kappa shape index (κ3) is 2.93. The zero-order valence-electron chi connectivity index (χ0n) is 17.6. The maximum atomic E-state index is 13.0. The van der Waals surface area contributed by atoms with Crippen LogP contribution in [0.25, 0.3) is 27.7 Å². The van der Waals surface area contributed by atoms with Crippen molar-refractivity contribution >= 4 is 49.3 Å². The van der Waals surface area contributed by atoms with Crippen molar-refractivity contribution in [2.24, 2.45) is 0 Å². The summed E-state index contributed by atoms with van der Waals surface area (Å²) in [5, 5.41) is 4.12. The van der Waals surface area contributed by atoms with Crippen molar-refractivity contribution in [3.8, 4) is 0 Å². The highest BCUT2D eigenvalue weighted by Gasteiger charge is 2.26. The first kappa shape index (κ1) is 19.3. The van der Waals surface area contributed by atoms with Gasteiger partial charge < -0.3 is 14.8 Å². The topological polar surface area (TPSA) is 54.6 Å². The Morgan fingerprint density at radius 3 is 2.74 bits per heavy atom. The van der Waals surface area contributed by atoms with Crippen LogP contribution in [0.4, 0.5) is 5.69 Å². The minimum absolute atomic E-state index is 0.166. The van der Waals surface area contributed by atoms with Gasteiger partial charge in [-0.2, -0.15) is 4.98 Å². The van der Waals surface area contributed by atoms with Gasteiger partial charge in [0, 0.05) is 41.9 Å². The van der Waals surface area contributed by atoms with Crippen molar-refractivity contribution in [3.63, 3.8) is 0 Å². The minimum Gasteiger partial charge on any atom is -0.366 e. The van der Waals surface area contributed by atoms with E-state index in [9.17, 15) is 4.79 Å². The third-order valence-corrected chi connectivity index (χ3v) is 7.71. The van der Waals surface area contributed by atoms with Crippen LogP contribution in [0.3, 0.4) is 0 Å². The van der Waals surface area contributed by atoms with Crippen LogP contribution in [0, 0.1) is 0 Å². The summed E-state index contributed by atoms with van der Waals surface area (Å²) in [5.74, 6) is 0.767. The smallest absolute Gasteiger partial charge is 0.283 e. The summed E-state index contributed by atoms with van der Waals surface area (Å²) in [6.45, 7) is 5.27. The van der Waals surface area contributed by atoms with Crippen molar-refractivity contribution < 1.29 is 0 Å².